The lowest BCUT2D eigenvalue weighted by atomic mass is 9.99. The first-order valence-corrected chi connectivity index (χ1v) is 7.51. The molecular weight excluding hydrogens is 300 g/mol. The molecule has 4 nitrogen and oxygen atoms in total. The second kappa shape index (κ2) is 6.43. The van der Waals surface area contributed by atoms with Crippen LogP contribution in [0.25, 0.3) is 17.0 Å². The molecule has 24 heavy (non-hydrogen) atoms. The molecule has 3 rings (SSSR count). The summed E-state index contributed by atoms with van der Waals surface area (Å²) in [5.74, 6) is 0.386. The maximum absolute atomic E-state index is 12.8. The van der Waals surface area contributed by atoms with Gasteiger partial charge >= 0.3 is 0 Å². The quantitative estimate of drug-likeness (QED) is 0.444. The van der Waals surface area contributed by atoms with Gasteiger partial charge in [0.25, 0.3) is 0 Å². The van der Waals surface area contributed by atoms with Crippen LogP contribution in [0.5, 0.6) is 5.75 Å². The number of allylic oxidation sites excluding steroid dienone is 1. The van der Waals surface area contributed by atoms with E-state index in [2.05, 4.69) is 4.98 Å². The van der Waals surface area contributed by atoms with E-state index < -0.39 is 0 Å². The van der Waals surface area contributed by atoms with Crippen LogP contribution in [0.3, 0.4) is 0 Å². The Bertz CT molecular complexity index is 990. The number of aromatic amines is 1. The van der Waals surface area contributed by atoms with Gasteiger partial charge in [0.15, 0.2) is 0 Å². The summed E-state index contributed by atoms with van der Waals surface area (Å²) in [7, 11) is 1.58. The third-order valence-electron chi connectivity index (χ3n) is 3.93. The van der Waals surface area contributed by atoms with Crippen molar-refractivity contribution < 1.29 is 9.53 Å². The molecule has 0 unspecified atom stereocenters. The van der Waals surface area contributed by atoms with E-state index in [-0.39, 0.29) is 11.4 Å². The van der Waals surface area contributed by atoms with Gasteiger partial charge in [-0.05, 0) is 42.3 Å². The van der Waals surface area contributed by atoms with Gasteiger partial charge in [0.05, 0.1) is 7.11 Å². The molecule has 0 aliphatic carbocycles. The molecule has 2 aromatic carbocycles. The van der Waals surface area contributed by atoms with Crippen LogP contribution < -0.4 is 4.74 Å². The normalized spacial score (nSPS) is 11.3. The standard InChI is InChI=1S/C20H16N2O2/c1-13-5-3-8-18-19(13)17(12-22-18)20(23)15(11-21)9-14-6-4-7-16(10-14)24-2/h3-10,12,22H,1-2H3. The zero-order chi connectivity index (χ0) is 17.1. The molecule has 0 aliphatic rings. The number of aryl methyl sites for hydroxylation is 1. The Hall–Kier alpha value is -3.32. The highest BCUT2D eigenvalue weighted by Gasteiger charge is 2.17. The lowest BCUT2D eigenvalue weighted by Gasteiger charge is -2.03. The van der Waals surface area contributed by atoms with Gasteiger partial charge in [-0.25, -0.2) is 0 Å². The number of carbonyl (C=O) groups excluding carboxylic acids is 1. The van der Waals surface area contributed by atoms with Crippen LogP contribution in [0.2, 0.25) is 0 Å². The summed E-state index contributed by atoms with van der Waals surface area (Å²) in [5, 5.41) is 10.3. The predicted octanol–water partition coefficient (Wildman–Crippen LogP) is 4.27. The van der Waals surface area contributed by atoms with Crippen LogP contribution in [0.1, 0.15) is 21.5 Å². The smallest absolute Gasteiger partial charge is 0.205 e. The number of hydrogen-bond donors (Lipinski definition) is 1. The minimum Gasteiger partial charge on any atom is -0.497 e. The van der Waals surface area contributed by atoms with Gasteiger partial charge in [0.1, 0.15) is 17.4 Å². The third-order valence-corrected chi connectivity index (χ3v) is 3.93. The van der Waals surface area contributed by atoms with Crippen LogP contribution in [-0.4, -0.2) is 17.9 Å². The molecule has 0 amide bonds. The number of hydrogen-bond acceptors (Lipinski definition) is 3. The highest BCUT2D eigenvalue weighted by atomic mass is 16.5. The molecule has 0 aliphatic heterocycles. The summed E-state index contributed by atoms with van der Waals surface area (Å²) < 4.78 is 5.17. The Morgan fingerprint density at radius 1 is 1.25 bits per heavy atom. The number of fused-ring (bicyclic) bond motifs is 1. The van der Waals surface area contributed by atoms with Crippen LogP contribution in [0, 0.1) is 18.3 Å². The van der Waals surface area contributed by atoms with Crippen molar-refractivity contribution in [2.75, 3.05) is 7.11 Å². The minimum atomic E-state index is -0.291. The summed E-state index contributed by atoms with van der Waals surface area (Å²) in [6.45, 7) is 1.95. The van der Waals surface area contributed by atoms with E-state index >= 15 is 0 Å². The molecule has 0 fully saturated rings. The number of rotatable bonds is 4. The fraction of sp³-hybridized carbons (Fsp3) is 0.100. The number of ketones is 1. The van der Waals surface area contributed by atoms with Gasteiger partial charge in [-0.2, -0.15) is 5.26 Å². The largest absolute Gasteiger partial charge is 0.497 e. The Morgan fingerprint density at radius 3 is 2.79 bits per heavy atom. The van der Waals surface area contributed by atoms with Crippen molar-refractivity contribution in [3.63, 3.8) is 0 Å². The lowest BCUT2D eigenvalue weighted by Crippen LogP contribution is -2.01. The lowest BCUT2D eigenvalue weighted by molar-refractivity contribution is 0.104. The zero-order valence-electron chi connectivity index (χ0n) is 13.5. The average molecular weight is 316 g/mol. The van der Waals surface area contributed by atoms with Gasteiger partial charge in [-0.1, -0.05) is 24.3 Å². The van der Waals surface area contributed by atoms with Crippen molar-refractivity contribution in [3.05, 3.63) is 70.9 Å². The van der Waals surface area contributed by atoms with Gasteiger partial charge in [0, 0.05) is 22.7 Å². The maximum atomic E-state index is 12.8. The number of carbonyl (C=O) groups is 1. The molecule has 4 heteroatoms. The third kappa shape index (κ3) is 2.80. The fourth-order valence-corrected chi connectivity index (χ4v) is 2.74. The van der Waals surface area contributed by atoms with Crippen molar-refractivity contribution >= 4 is 22.8 Å². The number of benzene rings is 2. The predicted molar refractivity (Wildman–Crippen MR) is 94.0 cm³/mol. The SMILES string of the molecule is COc1cccc(C=C(C#N)C(=O)c2c[nH]c3cccc(C)c23)c1. The number of methoxy groups -OCH3 is 1. The van der Waals surface area contributed by atoms with Gasteiger partial charge in [0.2, 0.25) is 5.78 Å². The maximum Gasteiger partial charge on any atom is 0.205 e. The molecule has 0 saturated heterocycles. The van der Waals surface area contributed by atoms with Crippen LogP contribution in [0.4, 0.5) is 0 Å². The van der Waals surface area contributed by atoms with E-state index in [9.17, 15) is 10.1 Å². The Kier molecular flexibility index (Phi) is 4.17. The molecule has 1 N–H and O–H groups in total. The number of Topliss-reactive ketones (excluding diaryl/α,β-unsaturated/α-hetero) is 1. The van der Waals surface area contributed by atoms with Gasteiger partial charge in [-0.15, -0.1) is 0 Å². The molecule has 118 valence electrons. The van der Waals surface area contributed by atoms with E-state index in [1.54, 1.807) is 25.4 Å². The molecule has 0 atom stereocenters. The first kappa shape index (κ1) is 15.6. The molecule has 1 heterocycles. The van der Waals surface area contributed by atoms with Crippen LogP contribution in [-0.2, 0) is 0 Å². The molecule has 0 spiro atoms. The highest BCUT2D eigenvalue weighted by molar-refractivity contribution is 6.20. The Labute approximate surface area is 140 Å². The number of nitrogens with one attached hydrogen (secondary N) is 1. The molecule has 0 saturated carbocycles. The molecule has 1 aromatic heterocycles. The summed E-state index contributed by atoms with van der Waals surface area (Å²) in [6, 6.07) is 15.1. The number of nitriles is 1. The highest BCUT2D eigenvalue weighted by Crippen LogP contribution is 2.25. The van der Waals surface area contributed by atoms with Crippen molar-refractivity contribution in [2.24, 2.45) is 0 Å². The fourth-order valence-electron chi connectivity index (χ4n) is 2.74. The first-order chi connectivity index (χ1) is 11.6. The molecule has 0 bridgehead atoms. The van der Waals surface area contributed by atoms with E-state index in [4.69, 9.17) is 4.74 Å². The number of ether oxygens (including phenoxy) is 1. The molecule has 0 radical (unpaired) electrons. The monoisotopic (exact) mass is 316 g/mol. The van der Waals surface area contributed by atoms with Crippen molar-refractivity contribution in [3.8, 4) is 11.8 Å². The van der Waals surface area contributed by atoms with Crippen LogP contribution >= 0.6 is 0 Å². The second-order valence-electron chi connectivity index (χ2n) is 5.48. The number of H-pyrrole nitrogens is 1. The van der Waals surface area contributed by atoms with E-state index in [1.807, 2.05) is 49.4 Å². The van der Waals surface area contributed by atoms with E-state index in [1.165, 1.54) is 0 Å². The summed E-state index contributed by atoms with van der Waals surface area (Å²) >= 11 is 0. The van der Waals surface area contributed by atoms with Gasteiger partial charge in [-0.3, -0.25) is 4.79 Å². The molecule has 3 aromatic rings. The number of aromatic nitrogens is 1. The van der Waals surface area contributed by atoms with Crippen molar-refractivity contribution in [2.45, 2.75) is 6.92 Å². The molecular formula is C20H16N2O2. The topological polar surface area (TPSA) is 65.9 Å². The summed E-state index contributed by atoms with van der Waals surface area (Å²) in [6.07, 6.45) is 3.25. The van der Waals surface area contributed by atoms with Crippen molar-refractivity contribution in [1.29, 1.82) is 5.26 Å². The summed E-state index contributed by atoms with van der Waals surface area (Å²) in [4.78, 5) is 15.9. The Morgan fingerprint density at radius 2 is 2.04 bits per heavy atom. The van der Waals surface area contributed by atoms with Gasteiger partial charge < -0.3 is 9.72 Å². The second-order valence-corrected chi connectivity index (χ2v) is 5.48. The Balaban J connectivity index is 2.06. The first-order valence-electron chi connectivity index (χ1n) is 7.51. The van der Waals surface area contributed by atoms with Crippen LogP contribution in [0.15, 0.2) is 54.2 Å². The van der Waals surface area contributed by atoms with Crippen molar-refractivity contribution in [1.82, 2.24) is 4.98 Å². The average Bonchev–Trinajstić information content (AvgIpc) is 3.05. The number of nitrogens with zero attached hydrogens (tertiary/aromatic N) is 1. The minimum absolute atomic E-state index is 0.0902. The zero-order valence-corrected chi connectivity index (χ0v) is 13.5. The summed E-state index contributed by atoms with van der Waals surface area (Å²) in [5.41, 5.74) is 3.23. The van der Waals surface area contributed by atoms with E-state index in [0.29, 0.717) is 11.3 Å². The van der Waals surface area contributed by atoms with E-state index in [0.717, 1.165) is 22.0 Å².